The van der Waals surface area contributed by atoms with E-state index in [9.17, 15) is 4.79 Å². The zero-order valence-corrected chi connectivity index (χ0v) is 12.8. The molecule has 0 amide bonds. The molecule has 0 atom stereocenters. The van der Waals surface area contributed by atoms with Crippen LogP contribution in [-0.4, -0.2) is 15.8 Å². The minimum atomic E-state index is 0.740. The van der Waals surface area contributed by atoms with Crippen molar-refractivity contribution in [1.29, 1.82) is 0 Å². The van der Waals surface area contributed by atoms with Crippen molar-refractivity contribution in [2.24, 2.45) is 0 Å². The lowest BCUT2D eigenvalue weighted by atomic mass is 10.4. The number of thiophene rings is 1. The average molecular weight is 444 g/mol. The first kappa shape index (κ1) is 11.5. The number of hydrogen-bond acceptors (Lipinski definition) is 3. The van der Waals surface area contributed by atoms with E-state index in [1.807, 2.05) is 22.9 Å². The molecular formula is C9H6I2N2OS. The van der Waals surface area contributed by atoms with Crippen LogP contribution >= 0.6 is 56.5 Å². The third-order valence-electron chi connectivity index (χ3n) is 1.93. The number of rotatable bonds is 2. The van der Waals surface area contributed by atoms with Crippen LogP contribution in [-0.2, 0) is 0 Å². The normalized spacial score (nSPS) is 10.6. The smallest absolute Gasteiger partial charge is 0.160 e. The van der Waals surface area contributed by atoms with Gasteiger partial charge in [0.05, 0.1) is 10.6 Å². The fourth-order valence-electron chi connectivity index (χ4n) is 1.29. The Morgan fingerprint density at radius 1 is 1.53 bits per heavy atom. The van der Waals surface area contributed by atoms with Gasteiger partial charge in [0.25, 0.3) is 0 Å². The van der Waals surface area contributed by atoms with Crippen molar-refractivity contribution in [3.8, 4) is 5.69 Å². The average Bonchev–Trinajstić information content (AvgIpc) is 2.74. The summed E-state index contributed by atoms with van der Waals surface area (Å²) >= 11 is 5.92. The second-order valence-electron chi connectivity index (χ2n) is 2.90. The molecule has 0 spiro atoms. The summed E-state index contributed by atoms with van der Waals surface area (Å²) in [6.45, 7) is 1.96. The van der Waals surface area contributed by atoms with Gasteiger partial charge in [0, 0.05) is 5.38 Å². The van der Waals surface area contributed by atoms with E-state index in [0.29, 0.717) is 0 Å². The first-order valence-corrected chi connectivity index (χ1v) is 7.11. The van der Waals surface area contributed by atoms with Gasteiger partial charge in [-0.25, -0.2) is 4.98 Å². The van der Waals surface area contributed by atoms with Crippen molar-refractivity contribution in [3.63, 3.8) is 0 Å². The van der Waals surface area contributed by atoms with Crippen LogP contribution in [0, 0.1) is 14.3 Å². The van der Waals surface area contributed by atoms with Gasteiger partial charge in [0.2, 0.25) is 0 Å². The van der Waals surface area contributed by atoms with Gasteiger partial charge in [-0.05, 0) is 58.2 Å². The van der Waals surface area contributed by atoms with Crippen LogP contribution in [0.25, 0.3) is 5.69 Å². The Hall–Kier alpha value is 0.0400. The summed E-state index contributed by atoms with van der Waals surface area (Å²) in [6, 6.07) is 1.88. The van der Waals surface area contributed by atoms with Gasteiger partial charge < -0.3 is 0 Å². The molecule has 78 valence electrons. The number of carbonyl (C=O) groups is 1. The molecule has 2 aromatic heterocycles. The maximum atomic E-state index is 10.6. The highest BCUT2D eigenvalue weighted by atomic mass is 127. The molecule has 0 N–H and O–H groups in total. The van der Waals surface area contributed by atoms with E-state index >= 15 is 0 Å². The minimum absolute atomic E-state index is 0.740. The number of aromatic nitrogens is 2. The topological polar surface area (TPSA) is 34.9 Å². The van der Waals surface area contributed by atoms with Crippen LogP contribution in [0.15, 0.2) is 11.4 Å². The number of aldehydes is 1. The van der Waals surface area contributed by atoms with E-state index in [4.69, 9.17) is 0 Å². The fraction of sp³-hybridized carbons (Fsp3) is 0.111. The highest BCUT2D eigenvalue weighted by molar-refractivity contribution is 14.1. The van der Waals surface area contributed by atoms with Crippen molar-refractivity contribution in [2.45, 2.75) is 6.92 Å². The van der Waals surface area contributed by atoms with Gasteiger partial charge in [0.15, 0.2) is 6.29 Å². The standard InChI is InChI=1S/C9H6I2N2OS/c1-5-12-8(10)9(11)13(5)6-2-7(3-14)15-4-6/h2-4H,1H3. The summed E-state index contributed by atoms with van der Waals surface area (Å²) in [5, 5.41) is 1.97. The molecule has 6 heteroatoms. The molecule has 3 nitrogen and oxygen atoms in total. The molecule has 0 aliphatic rings. The molecule has 0 saturated heterocycles. The van der Waals surface area contributed by atoms with Crippen LogP contribution in [0.3, 0.4) is 0 Å². The van der Waals surface area contributed by atoms with Crippen LogP contribution in [0.4, 0.5) is 0 Å². The molecule has 15 heavy (non-hydrogen) atoms. The zero-order valence-electron chi connectivity index (χ0n) is 7.70. The largest absolute Gasteiger partial charge is 0.297 e. The predicted molar refractivity (Wildman–Crippen MR) is 77.0 cm³/mol. The van der Waals surface area contributed by atoms with Crippen molar-refractivity contribution < 1.29 is 4.79 Å². The second kappa shape index (κ2) is 4.50. The number of aryl methyl sites for hydroxylation is 1. The molecule has 2 rings (SSSR count). The fourth-order valence-corrected chi connectivity index (χ4v) is 3.31. The summed E-state index contributed by atoms with van der Waals surface area (Å²) < 4.78 is 4.12. The summed E-state index contributed by atoms with van der Waals surface area (Å²) in [4.78, 5) is 15.7. The molecule has 2 heterocycles. The van der Waals surface area contributed by atoms with Crippen LogP contribution < -0.4 is 0 Å². The molecule has 0 unspecified atom stereocenters. The number of nitrogens with zero attached hydrogens (tertiary/aromatic N) is 2. The SMILES string of the molecule is Cc1nc(I)c(I)n1-c1csc(C=O)c1. The van der Waals surface area contributed by atoms with Crippen molar-refractivity contribution in [3.05, 3.63) is 29.5 Å². The summed E-state index contributed by atoms with van der Waals surface area (Å²) in [6.07, 6.45) is 0.873. The molecule has 2 aromatic rings. The van der Waals surface area contributed by atoms with Gasteiger partial charge in [-0.15, -0.1) is 11.3 Å². The van der Waals surface area contributed by atoms with Crippen molar-refractivity contribution in [1.82, 2.24) is 9.55 Å². The number of carbonyl (C=O) groups excluding carboxylic acids is 1. The molecule has 0 bridgehead atoms. The van der Waals surface area contributed by atoms with Gasteiger partial charge in [-0.1, -0.05) is 0 Å². The molecule has 0 radical (unpaired) electrons. The Kier molecular flexibility index (Phi) is 3.45. The highest BCUT2D eigenvalue weighted by Crippen LogP contribution is 2.24. The Morgan fingerprint density at radius 3 is 2.73 bits per heavy atom. The zero-order chi connectivity index (χ0) is 11.0. The van der Waals surface area contributed by atoms with Gasteiger partial charge in [-0.2, -0.15) is 0 Å². The Bertz CT molecular complexity index is 518. The molecule has 0 aromatic carbocycles. The van der Waals surface area contributed by atoms with E-state index < -0.39 is 0 Å². The monoisotopic (exact) mass is 444 g/mol. The Balaban J connectivity index is 2.57. The van der Waals surface area contributed by atoms with Gasteiger partial charge in [0.1, 0.15) is 13.2 Å². The predicted octanol–water partition coefficient (Wildman–Crippen LogP) is 3.26. The third kappa shape index (κ3) is 2.11. The van der Waals surface area contributed by atoms with Crippen LogP contribution in [0.1, 0.15) is 15.5 Å². The van der Waals surface area contributed by atoms with E-state index in [0.717, 1.165) is 30.1 Å². The molecule has 0 fully saturated rings. The molecular weight excluding hydrogens is 438 g/mol. The minimum Gasteiger partial charge on any atom is -0.297 e. The third-order valence-corrected chi connectivity index (χ3v) is 5.55. The summed E-state index contributed by atoms with van der Waals surface area (Å²) in [5.41, 5.74) is 1.01. The van der Waals surface area contributed by atoms with Crippen molar-refractivity contribution >= 4 is 62.8 Å². The van der Waals surface area contributed by atoms with E-state index in [1.54, 1.807) is 0 Å². The maximum absolute atomic E-state index is 10.6. The first-order chi connectivity index (χ1) is 7.13. The van der Waals surface area contributed by atoms with Crippen molar-refractivity contribution in [2.75, 3.05) is 0 Å². The Morgan fingerprint density at radius 2 is 2.27 bits per heavy atom. The molecule has 0 saturated carbocycles. The number of hydrogen-bond donors (Lipinski definition) is 0. The summed E-state index contributed by atoms with van der Waals surface area (Å²) in [5.74, 6) is 0.944. The summed E-state index contributed by atoms with van der Waals surface area (Å²) in [7, 11) is 0. The highest BCUT2D eigenvalue weighted by Gasteiger charge is 2.12. The maximum Gasteiger partial charge on any atom is 0.160 e. The van der Waals surface area contributed by atoms with E-state index in [2.05, 4.69) is 50.2 Å². The van der Waals surface area contributed by atoms with Gasteiger partial charge in [-0.3, -0.25) is 9.36 Å². The lowest BCUT2D eigenvalue weighted by molar-refractivity contribution is 0.112. The Labute approximate surface area is 118 Å². The lowest BCUT2D eigenvalue weighted by Gasteiger charge is -2.02. The lowest BCUT2D eigenvalue weighted by Crippen LogP contribution is -1.97. The van der Waals surface area contributed by atoms with E-state index in [-0.39, 0.29) is 0 Å². The van der Waals surface area contributed by atoms with Gasteiger partial charge >= 0.3 is 0 Å². The van der Waals surface area contributed by atoms with Crippen LogP contribution in [0.2, 0.25) is 0 Å². The van der Waals surface area contributed by atoms with Crippen LogP contribution in [0.5, 0.6) is 0 Å². The molecule has 0 aliphatic carbocycles. The second-order valence-corrected chi connectivity index (χ2v) is 5.89. The first-order valence-electron chi connectivity index (χ1n) is 4.08. The van der Waals surface area contributed by atoms with E-state index in [1.165, 1.54) is 11.3 Å². The number of imidazole rings is 1. The quantitative estimate of drug-likeness (QED) is 0.527. The molecule has 0 aliphatic heterocycles. The number of halogens is 2.